The Kier molecular flexibility index (Phi) is 5.14. The Labute approximate surface area is 150 Å². The summed E-state index contributed by atoms with van der Waals surface area (Å²) in [5.74, 6) is 0.0686. The third-order valence-electron chi connectivity index (χ3n) is 3.72. The van der Waals surface area contributed by atoms with Crippen molar-refractivity contribution in [3.63, 3.8) is 0 Å². The van der Waals surface area contributed by atoms with Gasteiger partial charge in [-0.05, 0) is 23.1 Å². The second-order valence-corrected chi connectivity index (χ2v) is 7.60. The molecule has 0 radical (unpaired) electrons. The van der Waals surface area contributed by atoms with Gasteiger partial charge in [0.15, 0.2) is 0 Å². The van der Waals surface area contributed by atoms with Crippen molar-refractivity contribution in [2.75, 3.05) is 26.1 Å². The summed E-state index contributed by atoms with van der Waals surface area (Å²) in [6.45, 7) is 0. The van der Waals surface area contributed by atoms with Crippen LogP contribution in [0, 0.1) is 0 Å². The highest BCUT2D eigenvalue weighted by Gasteiger charge is 2.24. The zero-order chi connectivity index (χ0) is 17.1. The lowest BCUT2D eigenvalue weighted by atomic mass is 10.1. The first-order valence-corrected chi connectivity index (χ1v) is 9.28. The predicted octanol–water partition coefficient (Wildman–Crippen LogP) is 4.84. The van der Waals surface area contributed by atoms with Crippen LogP contribution in [0.5, 0.6) is 0 Å². The Morgan fingerprint density at radius 1 is 1.12 bits per heavy atom. The standard InChI is InChI=1S/C19H19NO2S2/c1-20(2)19-14(17(21)15-10-7-11-23-15)12-16(24-19)18(22-3)13-8-5-4-6-9-13/h4-12,18H,1-3H3. The predicted molar refractivity (Wildman–Crippen MR) is 102 cm³/mol. The molecule has 1 aromatic carbocycles. The maximum atomic E-state index is 12.8. The number of anilines is 1. The van der Waals surface area contributed by atoms with Gasteiger partial charge in [0.25, 0.3) is 0 Å². The summed E-state index contributed by atoms with van der Waals surface area (Å²) < 4.78 is 5.72. The van der Waals surface area contributed by atoms with E-state index in [2.05, 4.69) is 0 Å². The molecule has 3 rings (SSSR count). The molecular formula is C19H19NO2S2. The second-order valence-electron chi connectivity index (χ2n) is 5.59. The lowest BCUT2D eigenvalue weighted by molar-refractivity contribution is 0.104. The van der Waals surface area contributed by atoms with Crippen LogP contribution in [-0.4, -0.2) is 27.0 Å². The fourth-order valence-corrected chi connectivity index (χ4v) is 4.47. The van der Waals surface area contributed by atoms with E-state index in [-0.39, 0.29) is 11.9 Å². The summed E-state index contributed by atoms with van der Waals surface area (Å²) in [5.41, 5.74) is 1.82. The summed E-state index contributed by atoms with van der Waals surface area (Å²) in [6.07, 6.45) is -0.167. The Morgan fingerprint density at radius 2 is 1.88 bits per heavy atom. The molecule has 0 amide bonds. The van der Waals surface area contributed by atoms with E-state index >= 15 is 0 Å². The molecule has 3 aromatic rings. The minimum Gasteiger partial charge on any atom is -0.371 e. The maximum absolute atomic E-state index is 12.8. The molecule has 0 saturated carbocycles. The topological polar surface area (TPSA) is 29.5 Å². The summed E-state index contributed by atoms with van der Waals surface area (Å²) in [4.78, 5) is 16.6. The van der Waals surface area contributed by atoms with E-state index in [0.717, 1.165) is 25.9 Å². The number of ether oxygens (including phenoxy) is 1. The van der Waals surface area contributed by atoms with Gasteiger partial charge in [0.1, 0.15) is 11.1 Å². The molecule has 2 heterocycles. The molecule has 24 heavy (non-hydrogen) atoms. The van der Waals surface area contributed by atoms with Crippen molar-refractivity contribution in [1.29, 1.82) is 0 Å². The highest BCUT2D eigenvalue weighted by Crippen LogP contribution is 2.39. The van der Waals surface area contributed by atoms with Gasteiger partial charge in [0.2, 0.25) is 5.78 Å². The number of carbonyl (C=O) groups excluding carboxylic acids is 1. The van der Waals surface area contributed by atoms with Gasteiger partial charge in [0.05, 0.1) is 10.4 Å². The Balaban J connectivity index is 2.04. The van der Waals surface area contributed by atoms with Crippen LogP contribution in [0.4, 0.5) is 5.00 Å². The minimum atomic E-state index is -0.167. The summed E-state index contributed by atoms with van der Waals surface area (Å²) in [7, 11) is 5.63. The van der Waals surface area contributed by atoms with Gasteiger partial charge in [-0.3, -0.25) is 4.79 Å². The molecule has 0 aliphatic rings. The first-order valence-electron chi connectivity index (χ1n) is 7.58. The third-order valence-corrected chi connectivity index (χ3v) is 5.94. The van der Waals surface area contributed by atoms with E-state index in [1.54, 1.807) is 18.4 Å². The van der Waals surface area contributed by atoms with Crippen molar-refractivity contribution in [3.05, 3.63) is 74.8 Å². The van der Waals surface area contributed by atoms with Crippen LogP contribution < -0.4 is 4.90 Å². The van der Waals surface area contributed by atoms with Crippen molar-refractivity contribution in [2.24, 2.45) is 0 Å². The number of nitrogens with zero attached hydrogens (tertiary/aromatic N) is 1. The van der Waals surface area contributed by atoms with Gasteiger partial charge >= 0.3 is 0 Å². The number of hydrogen-bond acceptors (Lipinski definition) is 5. The molecule has 0 bridgehead atoms. The van der Waals surface area contributed by atoms with Gasteiger partial charge in [-0.1, -0.05) is 36.4 Å². The van der Waals surface area contributed by atoms with Crippen LogP contribution in [-0.2, 0) is 4.74 Å². The number of carbonyl (C=O) groups is 1. The molecular weight excluding hydrogens is 338 g/mol. The van der Waals surface area contributed by atoms with Gasteiger partial charge in [-0.2, -0.15) is 0 Å². The number of methoxy groups -OCH3 is 1. The van der Waals surface area contributed by atoms with Crippen molar-refractivity contribution in [2.45, 2.75) is 6.10 Å². The van der Waals surface area contributed by atoms with Crippen molar-refractivity contribution >= 4 is 33.5 Å². The molecule has 0 fully saturated rings. The molecule has 0 aliphatic heterocycles. The van der Waals surface area contributed by atoms with E-state index in [1.807, 2.05) is 72.9 Å². The summed E-state index contributed by atoms with van der Waals surface area (Å²) in [6, 6.07) is 15.8. The van der Waals surface area contributed by atoms with E-state index in [9.17, 15) is 4.79 Å². The van der Waals surface area contributed by atoms with E-state index in [1.165, 1.54) is 11.3 Å². The smallest absolute Gasteiger partial charge is 0.205 e. The molecule has 1 atom stereocenters. The Morgan fingerprint density at radius 3 is 2.46 bits per heavy atom. The van der Waals surface area contributed by atoms with Crippen molar-refractivity contribution in [3.8, 4) is 0 Å². The number of thiophene rings is 2. The van der Waals surface area contributed by atoms with Gasteiger partial charge in [-0.25, -0.2) is 0 Å². The SMILES string of the molecule is COC(c1ccccc1)c1cc(C(=O)c2cccs2)c(N(C)C)s1. The zero-order valence-corrected chi connectivity index (χ0v) is 15.5. The van der Waals surface area contributed by atoms with E-state index in [0.29, 0.717) is 0 Å². The Bertz CT molecular complexity index is 807. The molecule has 5 heteroatoms. The summed E-state index contributed by atoms with van der Waals surface area (Å²) in [5, 5.41) is 2.89. The van der Waals surface area contributed by atoms with Crippen LogP contribution in [0.1, 0.15) is 31.8 Å². The van der Waals surface area contributed by atoms with Gasteiger partial charge < -0.3 is 9.64 Å². The summed E-state index contributed by atoms with van der Waals surface area (Å²) >= 11 is 3.08. The number of hydrogen-bond donors (Lipinski definition) is 0. The van der Waals surface area contributed by atoms with Gasteiger partial charge in [0, 0.05) is 26.1 Å². The third kappa shape index (κ3) is 3.29. The van der Waals surface area contributed by atoms with E-state index < -0.39 is 0 Å². The zero-order valence-electron chi connectivity index (χ0n) is 13.9. The lowest BCUT2D eigenvalue weighted by Crippen LogP contribution is -2.11. The average molecular weight is 358 g/mol. The lowest BCUT2D eigenvalue weighted by Gasteiger charge is -2.14. The number of benzene rings is 1. The highest BCUT2D eigenvalue weighted by atomic mass is 32.1. The van der Waals surface area contributed by atoms with Crippen LogP contribution in [0.25, 0.3) is 0 Å². The number of rotatable bonds is 6. The monoisotopic (exact) mass is 357 g/mol. The van der Waals surface area contributed by atoms with Crippen molar-refractivity contribution < 1.29 is 9.53 Å². The van der Waals surface area contributed by atoms with E-state index in [4.69, 9.17) is 4.74 Å². The largest absolute Gasteiger partial charge is 0.371 e. The first kappa shape index (κ1) is 16.9. The molecule has 124 valence electrons. The minimum absolute atomic E-state index is 0.0686. The second kappa shape index (κ2) is 7.30. The molecule has 3 nitrogen and oxygen atoms in total. The van der Waals surface area contributed by atoms with Crippen LogP contribution in [0.2, 0.25) is 0 Å². The molecule has 1 unspecified atom stereocenters. The van der Waals surface area contributed by atoms with Crippen LogP contribution in [0.15, 0.2) is 53.9 Å². The average Bonchev–Trinajstić information content (AvgIpc) is 3.26. The normalized spacial score (nSPS) is 12.1. The van der Waals surface area contributed by atoms with Crippen LogP contribution in [0.3, 0.4) is 0 Å². The molecule has 2 aromatic heterocycles. The number of ketones is 1. The highest BCUT2D eigenvalue weighted by molar-refractivity contribution is 7.17. The Hall–Kier alpha value is -1.95. The van der Waals surface area contributed by atoms with Crippen LogP contribution >= 0.6 is 22.7 Å². The fraction of sp³-hybridized carbons (Fsp3) is 0.211. The maximum Gasteiger partial charge on any atom is 0.205 e. The van der Waals surface area contributed by atoms with Gasteiger partial charge in [-0.15, -0.1) is 22.7 Å². The molecule has 0 saturated heterocycles. The first-order chi connectivity index (χ1) is 11.6. The van der Waals surface area contributed by atoms with Crippen molar-refractivity contribution in [1.82, 2.24) is 0 Å². The molecule has 0 N–H and O–H groups in total. The molecule has 0 aliphatic carbocycles. The molecule has 0 spiro atoms. The fourth-order valence-electron chi connectivity index (χ4n) is 2.61. The quantitative estimate of drug-likeness (QED) is 0.591.